The van der Waals surface area contributed by atoms with Crippen LogP contribution in [0.15, 0.2) is 18.2 Å². The van der Waals surface area contributed by atoms with Gasteiger partial charge in [-0.25, -0.2) is 0 Å². The maximum absolute atomic E-state index is 6.02. The number of nitrogens with one attached hydrogen (secondary N) is 1. The van der Waals surface area contributed by atoms with Crippen molar-refractivity contribution in [3.63, 3.8) is 0 Å². The third-order valence-electron chi connectivity index (χ3n) is 1.87. The van der Waals surface area contributed by atoms with Gasteiger partial charge in [0.05, 0.1) is 18.2 Å². The van der Waals surface area contributed by atoms with Crippen molar-refractivity contribution in [2.24, 2.45) is 0 Å². The SMILES string of the molecule is CCOc1ccc(NCCOC)cc1Cl. The van der Waals surface area contributed by atoms with Crippen LogP contribution in [0.2, 0.25) is 5.02 Å². The van der Waals surface area contributed by atoms with Crippen molar-refractivity contribution in [3.05, 3.63) is 23.2 Å². The Bertz CT molecular complexity index is 305. The monoisotopic (exact) mass is 229 g/mol. The van der Waals surface area contributed by atoms with Crippen molar-refractivity contribution in [3.8, 4) is 5.75 Å². The summed E-state index contributed by atoms with van der Waals surface area (Å²) in [6.45, 7) is 3.99. The Hall–Kier alpha value is -0.930. The van der Waals surface area contributed by atoms with Crippen molar-refractivity contribution in [1.29, 1.82) is 0 Å². The fourth-order valence-electron chi connectivity index (χ4n) is 1.18. The highest BCUT2D eigenvalue weighted by molar-refractivity contribution is 6.32. The van der Waals surface area contributed by atoms with E-state index >= 15 is 0 Å². The zero-order valence-electron chi connectivity index (χ0n) is 9.05. The summed E-state index contributed by atoms with van der Waals surface area (Å²) in [6.07, 6.45) is 0. The first-order chi connectivity index (χ1) is 7.27. The normalized spacial score (nSPS) is 10.1. The van der Waals surface area contributed by atoms with Crippen LogP contribution in [-0.2, 0) is 4.74 Å². The summed E-state index contributed by atoms with van der Waals surface area (Å²) in [7, 11) is 1.67. The van der Waals surface area contributed by atoms with Crippen LogP contribution in [0.4, 0.5) is 5.69 Å². The molecule has 84 valence electrons. The van der Waals surface area contributed by atoms with Crippen molar-refractivity contribution in [2.75, 3.05) is 32.2 Å². The minimum absolute atomic E-state index is 0.621. The molecule has 0 saturated heterocycles. The van der Waals surface area contributed by atoms with Crippen molar-refractivity contribution in [1.82, 2.24) is 0 Å². The number of benzene rings is 1. The molecular weight excluding hydrogens is 214 g/mol. The lowest BCUT2D eigenvalue weighted by atomic mass is 10.3. The van der Waals surface area contributed by atoms with Gasteiger partial charge in [-0.2, -0.15) is 0 Å². The van der Waals surface area contributed by atoms with E-state index in [0.29, 0.717) is 18.2 Å². The number of ether oxygens (including phenoxy) is 2. The summed E-state index contributed by atoms with van der Waals surface area (Å²) in [4.78, 5) is 0. The van der Waals surface area contributed by atoms with Crippen LogP contribution in [0.25, 0.3) is 0 Å². The molecule has 1 aromatic carbocycles. The summed E-state index contributed by atoms with van der Waals surface area (Å²) < 4.78 is 10.3. The van der Waals surface area contributed by atoms with E-state index < -0.39 is 0 Å². The Morgan fingerprint density at radius 2 is 2.20 bits per heavy atom. The molecule has 0 aliphatic rings. The van der Waals surface area contributed by atoms with Gasteiger partial charge in [-0.1, -0.05) is 11.6 Å². The van der Waals surface area contributed by atoms with E-state index in [1.165, 1.54) is 0 Å². The predicted molar refractivity (Wildman–Crippen MR) is 63.0 cm³/mol. The topological polar surface area (TPSA) is 30.5 Å². The third kappa shape index (κ3) is 3.98. The van der Waals surface area contributed by atoms with E-state index in [1.807, 2.05) is 25.1 Å². The molecule has 4 heteroatoms. The zero-order chi connectivity index (χ0) is 11.1. The van der Waals surface area contributed by atoms with Crippen molar-refractivity contribution >= 4 is 17.3 Å². The minimum Gasteiger partial charge on any atom is -0.492 e. The quantitative estimate of drug-likeness (QED) is 0.761. The second-order valence-corrected chi connectivity index (χ2v) is 3.40. The molecule has 1 aromatic rings. The molecule has 0 amide bonds. The van der Waals surface area contributed by atoms with E-state index in [2.05, 4.69) is 5.32 Å². The number of halogens is 1. The molecule has 0 spiro atoms. The molecule has 0 aliphatic heterocycles. The lowest BCUT2D eigenvalue weighted by Crippen LogP contribution is -2.07. The fourth-order valence-corrected chi connectivity index (χ4v) is 1.42. The van der Waals surface area contributed by atoms with Crippen LogP contribution in [0, 0.1) is 0 Å². The van der Waals surface area contributed by atoms with Gasteiger partial charge in [-0.05, 0) is 25.1 Å². The van der Waals surface area contributed by atoms with Crippen molar-refractivity contribution < 1.29 is 9.47 Å². The highest BCUT2D eigenvalue weighted by Crippen LogP contribution is 2.27. The molecule has 0 aliphatic carbocycles. The average molecular weight is 230 g/mol. The van der Waals surface area contributed by atoms with E-state index in [0.717, 1.165) is 18.0 Å². The number of methoxy groups -OCH3 is 1. The second kappa shape index (κ2) is 6.53. The Morgan fingerprint density at radius 3 is 2.80 bits per heavy atom. The van der Waals surface area contributed by atoms with Gasteiger partial charge < -0.3 is 14.8 Å². The fraction of sp³-hybridized carbons (Fsp3) is 0.455. The molecule has 0 radical (unpaired) electrons. The Labute approximate surface area is 95.3 Å². The molecule has 0 bridgehead atoms. The number of rotatable bonds is 6. The van der Waals surface area contributed by atoms with E-state index in [4.69, 9.17) is 21.1 Å². The van der Waals surface area contributed by atoms with Crippen LogP contribution < -0.4 is 10.1 Å². The van der Waals surface area contributed by atoms with Gasteiger partial charge in [0.1, 0.15) is 5.75 Å². The molecule has 3 nitrogen and oxygen atoms in total. The van der Waals surface area contributed by atoms with Crippen LogP contribution in [0.1, 0.15) is 6.92 Å². The summed E-state index contributed by atoms with van der Waals surface area (Å²) >= 11 is 6.02. The first kappa shape index (κ1) is 12.1. The van der Waals surface area contributed by atoms with Crippen LogP contribution in [0.3, 0.4) is 0 Å². The maximum Gasteiger partial charge on any atom is 0.138 e. The maximum atomic E-state index is 6.02. The first-order valence-electron chi connectivity index (χ1n) is 4.93. The highest BCUT2D eigenvalue weighted by Gasteiger charge is 2.01. The number of hydrogen-bond acceptors (Lipinski definition) is 3. The average Bonchev–Trinajstić information content (AvgIpc) is 2.23. The molecule has 15 heavy (non-hydrogen) atoms. The van der Waals surface area contributed by atoms with Crippen LogP contribution in [0.5, 0.6) is 5.75 Å². The molecule has 0 atom stereocenters. The van der Waals surface area contributed by atoms with Gasteiger partial charge in [0.2, 0.25) is 0 Å². The molecule has 1 N–H and O–H groups in total. The van der Waals surface area contributed by atoms with Gasteiger partial charge in [-0.15, -0.1) is 0 Å². The summed E-state index contributed by atoms with van der Waals surface area (Å²) in [5.41, 5.74) is 0.973. The van der Waals surface area contributed by atoms with Crippen molar-refractivity contribution in [2.45, 2.75) is 6.92 Å². The van der Waals surface area contributed by atoms with E-state index in [-0.39, 0.29) is 0 Å². The first-order valence-corrected chi connectivity index (χ1v) is 5.31. The van der Waals surface area contributed by atoms with Crippen LogP contribution >= 0.6 is 11.6 Å². The molecule has 0 saturated carbocycles. The smallest absolute Gasteiger partial charge is 0.138 e. The molecule has 1 rings (SSSR count). The van der Waals surface area contributed by atoms with Gasteiger partial charge in [0, 0.05) is 19.3 Å². The molecule has 0 fully saturated rings. The van der Waals surface area contributed by atoms with E-state index in [1.54, 1.807) is 7.11 Å². The Balaban J connectivity index is 2.56. The molecule has 0 unspecified atom stereocenters. The van der Waals surface area contributed by atoms with Crippen LogP contribution in [-0.4, -0.2) is 26.9 Å². The lowest BCUT2D eigenvalue weighted by Gasteiger charge is -2.09. The van der Waals surface area contributed by atoms with Gasteiger partial charge in [0.25, 0.3) is 0 Å². The summed E-state index contributed by atoms with van der Waals surface area (Å²) in [5, 5.41) is 3.82. The molecule has 0 heterocycles. The predicted octanol–water partition coefficient (Wildman–Crippen LogP) is 2.80. The minimum atomic E-state index is 0.621. The Morgan fingerprint density at radius 1 is 1.40 bits per heavy atom. The number of anilines is 1. The Kier molecular flexibility index (Phi) is 5.29. The lowest BCUT2D eigenvalue weighted by molar-refractivity contribution is 0.211. The highest BCUT2D eigenvalue weighted by atomic mass is 35.5. The standard InChI is InChI=1S/C11H16ClNO2/c1-3-15-11-5-4-9(8-10(11)12)13-6-7-14-2/h4-5,8,13H,3,6-7H2,1-2H3. The summed E-state index contributed by atoms with van der Waals surface area (Å²) in [5.74, 6) is 0.719. The van der Waals surface area contributed by atoms with Gasteiger partial charge in [0.15, 0.2) is 0 Å². The zero-order valence-corrected chi connectivity index (χ0v) is 9.80. The van der Waals surface area contributed by atoms with Gasteiger partial charge in [-0.3, -0.25) is 0 Å². The second-order valence-electron chi connectivity index (χ2n) is 3.00. The van der Waals surface area contributed by atoms with Gasteiger partial charge >= 0.3 is 0 Å². The molecule has 0 aromatic heterocycles. The summed E-state index contributed by atoms with van der Waals surface area (Å²) in [6, 6.07) is 5.65. The third-order valence-corrected chi connectivity index (χ3v) is 2.16. The van der Waals surface area contributed by atoms with E-state index in [9.17, 15) is 0 Å². The largest absolute Gasteiger partial charge is 0.492 e. The molecular formula is C11H16ClNO2. The number of hydrogen-bond donors (Lipinski definition) is 1.